The van der Waals surface area contributed by atoms with E-state index in [9.17, 15) is 23.6 Å². The summed E-state index contributed by atoms with van der Waals surface area (Å²) in [7, 11) is 4.73. The third kappa shape index (κ3) is 5.54. The van der Waals surface area contributed by atoms with Gasteiger partial charge in [0.15, 0.2) is 0 Å². The van der Waals surface area contributed by atoms with Crippen molar-refractivity contribution in [3.63, 3.8) is 0 Å². The van der Waals surface area contributed by atoms with Gasteiger partial charge in [0.1, 0.15) is 12.4 Å². The lowest BCUT2D eigenvalue weighted by Crippen LogP contribution is -2.41. The number of anilines is 1. The number of halogens is 1. The van der Waals surface area contributed by atoms with Crippen LogP contribution in [0.15, 0.2) is 71.3 Å². The summed E-state index contributed by atoms with van der Waals surface area (Å²) in [5.74, 6) is -2.16. The van der Waals surface area contributed by atoms with Crippen LogP contribution in [0, 0.1) is 12.7 Å². The van der Waals surface area contributed by atoms with Crippen LogP contribution in [0.5, 0.6) is 0 Å². The molecule has 9 nitrogen and oxygen atoms in total. The standard InChI is InChI=1S/C28H28FN5O4/c1-17-5-6-19(21-11-12-30-33(4)28(21)38)13-24(17)31-27(37)23-15-34(16-26(36)32(2)3)25(35)14-22(23)18-7-9-20(29)10-8-18/h5-13,15,22H,14,16H2,1-4H3,(H,31,37)/t22-/m0/s1. The SMILES string of the molecule is Cc1ccc(-c2ccnn(C)c2=O)cc1NC(=O)C1=CN(CC(=O)N(C)C)C(=O)C[C@H]1c1ccc(F)cc1. The number of carbonyl (C=O) groups excluding carboxylic acids is 3. The first-order valence-electron chi connectivity index (χ1n) is 12.0. The summed E-state index contributed by atoms with van der Waals surface area (Å²) in [6.07, 6.45) is 2.86. The van der Waals surface area contributed by atoms with Crippen molar-refractivity contribution in [2.45, 2.75) is 19.3 Å². The first-order valence-corrected chi connectivity index (χ1v) is 12.0. The third-order valence-electron chi connectivity index (χ3n) is 6.51. The summed E-state index contributed by atoms with van der Waals surface area (Å²) < 4.78 is 14.8. The molecule has 1 atom stereocenters. The summed E-state index contributed by atoms with van der Waals surface area (Å²) >= 11 is 0. The van der Waals surface area contributed by atoms with Crippen molar-refractivity contribution in [1.29, 1.82) is 0 Å². The number of hydrogen-bond donors (Lipinski definition) is 1. The van der Waals surface area contributed by atoms with Crippen molar-refractivity contribution in [2.24, 2.45) is 7.05 Å². The summed E-state index contributed by atoms with van der Waals surface area (Å²) in [6.45, 7) is 1.61. The molecule has 0 saturated carbocycles. The number of nitrogens with one attached hydrogen (secondary N) is 1. The van der Waals surface area contributed by atoms with Gasteiger partial charge in [-0.2, -0.15) is 5.10 Å². The van der Waals surface area contributed by atoms with E-state index in [0.717, 1.165) is 5.56 Å². The van der Waals surface area contributed by atoms with Crippen molar-refractivity contribution < 1.29 is 18.8 Å². The molecule has 0 saturated heterocycles. The Labute approximate surface area is 219 Å². The Kier molecular flexibility index (Phi) is 7.52. The van der Waals surface area contributed by atoms with Gasteiger partial charge >= 0.3 is 0 Å². The minimum absolute atomic E-state index is 0.0579. The average Bonchev–Trinajstić information content (AvgIpc) is 2.88. The Balaban J connectivity index is 1.71. The lowest BCUT2D eigenvalue weighted by molar-refractivity contribution is -0.137. The molecule has 196 valence electrons. The van der Waals surface area contributed by atoms with Gasteiger partial charge in [-0.25, -0.2) is 9.07 Å². The van der Waals surface area contributed by atoms with Gasteiger partial charge in [-0.3, -0.25) is 19.2 Å². The van der Waals surface area contributed by atoms with E-state index in [1.165, 1.54) is 39.0 Å². The van der Waals surface area contributed by atoms with Gasteiger partial charge in [-0.05, 0) is 47.9 Å². The highest BCUT2D eigenvalue weighted by atomic mass is 19.1. The van der Waals surface area contributed by atoms with Gasteiger partial charge in [0.2, 0.25) is 11.8 Å². The molecule has 0 aliphatic carbocycles. The van der Waals surface area contributed by atoms with Crippen LogP contribution in [-0.2, 0) is 21.4 Å². The molecular formula is C28H28FN5O4. The van der Waals surface area contributed by atoms with Crippen LogP contribution in [0.2, 0.25) is 0 Å². The number of nitrogens with zero attached hydrogens (tertiary/aromatic N) is 4. The third-order valence-corrected chi connectivity index (χ3v) is 6.51. The maximum Gasteiger partial charge on any atom is 0.274 e. The molecule has 3 aromatic rings. The molecular weight excluding hydrogens is 489 g/mol. The van der Waals surface area contributed by atoms with Gasteiger partial charge in [-0.1, -0.05) is 24.3 Å². The molecule has 4 rings (SSSR count). The van der Waals surface area contributed by atoms with Crippen molar-refractivity contribution in [3.8, 4) is 11.1 Å². The predicted molar refractivity (Wildman–Crippen MR) is 141 cm³/mol. The summed E-state index contributed by atoms with van der Waals surface area (Å²) in [6, 6.07) is 12.5. The molecule has 1 aliphatic heterocycles. The smallest absolute Gasteiger partial charge is 0.274 e. The Morgan fingerprint density at radius 2 is 1.82 bits per heavy atom. The highest BCUT2D eigenvalue weighted by Crippen LogP contribution is 2.34. The van der Waals surface area contributed by atoms with E-state index in [1.54, 1.807) is 57.5 Å². The number of hydrogen-bond acceptors (Lipinski definition) is 5. The van der Waals surface area contributed by atoms with Crippen LogP contribution in [0.3, 0.4) is 0 Å². The van der Waals surface area contributed by atoms with Crippen LogP contribution < -0.4 is 10.9 Å². The second-order valence-electron chi connectivity index (χ2n) is 9.36. The lowest BCUT2D eigenvalue weighted by atomic mass is 9.85. The molecule has 3 amide bonds. The number of benzene rings is 2. The van der Waals surface area contributed by atoms with Crippen molar-refractivity contribution >= 4 is 23.4 Å². The van der Waals surface area contributed by atoms with Gasteiger partial charge in [-0.15, -0.1) is 0 Å². The zero-order valence-corrected chi connectivity index (χ0v) is 21.6. The van der Waals surface area contributed by atoms with Crippen LogP contribution in [0.4, 0.5) is 10.1 Å². The normalized spacial score (nSPS) is 15.2. The van der Waals surface area contributed by atoms with Gasteiger partial charge in [0.05, 0.1) is 5.56 Å². The Hall–Kier alpha value is -4.60. The minimum atomic E-state index is -0.634. The fourth-order valence-corrected chi connectivity index (χ4v) is 4.21. The fourth-order valence-electron chi connectivity index (χ4n) is 4.21. The molecule has 2 heterocycles. The number of likely N-dealkylation sites (N-methyl/N-ethyl adjacent to an activating group) is 1. The second-order valence-corrected chi connectivity index (χ2v) is 9.36. The number of carbonyl (C=O) groups is 3. The summed E-state index contributed by atoms with van der Waals surface area (Å²) in [4.78, 5) is 54.0. The van der Waals surface area contributed by atoms with E-state index in [1.807, 2.05) is 6.92 Å². The largest absolute Gasteiger partial charge is 0.347 e. The monoisotopic (exact) mass is 517 g/mol. The van der Waals surface area contributed by atoms with Crippen LogP contribution >= 0.6 is 0 Å². The molecule has 0 spiro atoms. The number of amides is 3. The first kappa shape index (κ1) is 26.5. The molecule has 0 radical (unpaired) electrons. The zero-order chi connectivity index (χ0) is 27.6. The maximum absolute atomic E-state index is 13.6. The second kappa shape index (κ2) is 10.8. The zero-order valence-electron chi connectivity index (χ0n) is 21.6. The molecule has 10 heteroatoms. The molecule has 0 unspecified atom stereocenters. The number of aryl methyl sites for hydroxylation is 2. The van der Waals surface area contributed by atoms with E-state index < -0.39 is 17.6 Å². The van der Waals surface area contributed by atoms with E-state index in [0.29, 0.717) is 22.4 Å². The minimum Gasteiger partial charge on any atom is -0.347 e. The van der Waals surface area contributed by atoms with Crippen LogP contribution in [0.25, 0.3) is 11.1 Å². The summed E-state index contributed by atoms with van der Waals surface area (Å²) in [5.41, 5.74) is 2.86. The molecule has 2 aromatic carbocycles. The van der Waals surface area contributed by atoms with Crippen LogP contribution in [-0.4, -0.2) is 57.9 Å². The van der Waals surface area contributed by atoms with Crippen LogP contribution in [0.1, 0.15) is 23.5 Å². The molecule has 1 aliphatic rings. The summed E-state index contributed by atoms with van der Waals surface area (Å²) in [5, 5.41) is 6.85. The van der Waals surface area contributed by atoms with Crippen molar-refractivity contribution in [2.75, 3.05) is 26.0 Å². The Morgan fingerprint density at radius 1 is 1.11 bits per heavy atom. The molecule has 0 fully saturated rings. The average molecular weight is 518 g/mol. The topological polar surface area (TPSA) is 105 Å². The lowest BCUT2D eigenvalue weighted by Gasteiger charge is -2.31. The molecule has 0 bridgehead atoms. The van der Waals surface area contributed by atoms with E-state index in [-0.39, 0.29) is 35.9 Å². The first-order chi connectivity index (χ1) is 18.0. The predicted octanol–water partition coefficient (Wildman–Crippen LogP) is 2.82. The highest BCUT2D eigenvalue weighted by Gasteiger charge is 2.33. The maximum atomic E-state index is 13.6. The van der Waals surface area contributed by atoms with Crippen molar-refractivity contribution in [3.05, 3.63) is 93.8 Å². The number of aromatic nitrogens is 2. The Bertz CT molecular complexity index is 1490. The highest BCUT2D eigenvalue weighted by molar-refractivity contribution is 6.07. The quantitative estimate of drug-likeness (QED) is 0.542. The fraction of sp³-hybridized carbons (Fsp3) is 0.250. The molecule has 1 aromatic heterocycles. The van der Waals surface area contributed by atoms with Gasteiger partial charge in [0, 0.05) is 57.1 Å². The Morgan fingerprint density at radius 3 is 2.50 bits per heavy atom. The van der Waals surface area contributed by atoms with Crippen molar-refractivity contribution in [1.82, 2.24) is 19.6 Å². The van der Waals surface area contributed by atoms with E-state index in [4.69, 9.17) is 0 Å². The molecule has 38 heavy (non-hydrogen) atoms. The van der Waals surface area contributed by atoms with Gasteiger partial charge in [0.25, 0.3) is 11.5 Å². The van der Waals surface area contributed by atoms with E-state index >= 15 is 0 Å². The molecule has 1 N–H and O–H groups in total. The number of rotatable bonds is 6. The van der Waals surface area contributed by atoms with Gasteiger partial charge < -0.3 is 15.1 Å². The van der Waals surface area contributed by atoms with E-state index in [2.05, 4.69) is 10.4 Å².